The Morgan fingerprint density at radius 2 is 0.929 bits per heavy atom. The van der Waals surface area contributed by atoms with Crippen LogP contribution >= 0.6 is 0 Å². The Kier molecular flexibility index (Phi) is 16.8. The zero-order valence-electron chi connectivity index (χ0n) is 10.4. The fraction of sp³-hybridized carbons (Fsp3) is 0.923. The van der Waals surface area contributed by atoms with E-state index in [0.29, 0.717) is 0 Å². The Labute approximate surface area is 106 Å². The molecule has 1 heteroatoms. The van der Waals surface area contributed by atoms with Crippen molar-refractivity contribution in [1.29, 1.82) is 0 Å². The summed E-state index contributed by atoms with van der Waals surface area (Å²) in [6, 6.07) is 0. The zero-order valence-corrected chi connectivity index (χ0v) is 11.9. The molecule has 0 atom stereocenters. The summed E-state index contributed by atoms with van der Waals surface area (Å²) in [5.41, 5.74) is 0. The summed E-state index contributed by atoms with van der Waals surface area (Å²) in [6.07, 6.45) is 12.5. The van der Waals surface area contributed by atoms with Gasteiger partial charge in [-0.1, -0.05) is 59.3 Å². The molecule has 14 heavy (non-hydrogen) atoms. The molecule has 0 aromatic carbocycles. The molecule has 0 aliphatic heterocycles. The van der Waals surface area contributed by atoms with Crippen molar-refractivity contribution >= 4 is 0 Å². The van der Waals surface area contributed by atoms with Gasteiger partial charge in [0.05, 0.1) is 0 Å². The van der Waals surface area contributed by atoms with Gasteiger partial charge in [-0.2, -0.15) is 19.3 Å². The van der Waals surface area contributed by atoms with Gasteiger partial charge in [0, 0.05) is 21.7 Å². The van der Waals surface area contributed by atoms with Crippen LogP contribution in [-0.2, 0) is 21.7 Å². The van der Waals surface area contributed by atoms with Crippen LogP contribution in [0.4, 0.5) is 0 Å². The second-order valence-electron chi connectivity index (χ2n) is 4.06. The van der Waals surface area contributed by atoms with Crippen LogP contribution in [0.15, 0.2) is 0 Å². The summed E-state index contributed by atoms with van der Waals surface area (Å²) in [5, 5.41) is 0. The van der Waals surface area contributed by atoms with Crippen molar-refractivity contribution in [2.24, 2.45) is 0 Å². The molecule has 0 spiro atoms. The van der Waals surface area contributed by atoms with E-state index in [1.165, 1.54) is 57.8 Å². The monoisotopic (exact) mass is 231 g/mol. The first-order valence-electron chi connectivity index (χ1n) is 6.18. The second kappa shape index (κ2) is 13.7. The minimum atomic E-state index is 0. The van der Waals surface area contributed by atoms with Gasteiger partial charge in [-0.15, -0.1) is 0 Å². The van der Waals surface area contributed by atoms with E-state index in [1.54, 1.807) is 0 Å². The van der Waals surface area contributed by atoms with Gasteiger partial charge in [0.15, 0.2) is 0 Å². The van der Waals surface area contributed by atoms with Gasteiger partial charge in [0.1, 0.15) is 0 Å². The van der Waals surface area contributed by atoms with E-state index in [-0.39, 0.29) is 21.7 Å². The van der Waals surface area contributed by atoms with Gasteiger partial charge in [-0.05, 0) is 0 Å². The molecule has 0 aromatic rings. The number of hydrogen-bond donors (Lipinski definition) is 0. The summed E-state index contributed by atoms with van der Waals surface area (Å²) in [5.74, 6) is 1.84. The standard InChI is InChI=1S/C13H27.Ti/c1-4-7-10-13(11-8-5-2)12-9-6-3;/h4-12H2,1-3H3;/q-1;. The molecular weight excluding hydrogens is 204 g/mol. The van der Waals surface area contributed by atoms with Crippen LogP contribution in [0.5, 0.6) is 0 Å². The van der Waals surface area contributed by atoms with E-state index >= 15 is 0 Å². The van der Waals surface area contributed by atoms with E-state index < -0.39 is 0 Å². The van der Waals surface area contributed by atoms with Crippen LogP contribution < -0.4 is 0 Å². The first kappa shape index (κ1) is 17.1. The smallest absolute Gasteiger partial charge is 0 e. The number of rotatable bonds is 9. The van der Waals surface area contributed by atoms with E-state index in [0.717, 1.165) is 0 Å². The Hall–Kier alpha value is 0.714. The molecular formula is C13H27Ti-. The molecule has 0 heterocycles. The van der Waals surface area contributed by atoms with Gasteiger partial charge in [-0.25, -0.2) is 0 Å². The summed E-state index contributed by atoms with van der Waals surface area (Å²) >= 11 is 0. The third-order valence-corrected chi connectivity index (χ3v) is 2.65. The molecule has 0 fully saturated rings. The third-order valence-electron chi connectivity index (χ3n) is 2.65. The van der Waals surface area contributed by atoms with Crippen LogP contribution in [0.2, 0.25) is 0 Å². The largest absolute Gasteiger partial charge is 0.314 e. The maximum atomic E-state index is 2.29. The molecule has 0 nitrogen and oxygen atoms in total. The topological polar surface area (TPSA) is 0 Å². The van der Waals surface area contributed by atoms with Gasteiger partial charge < -0.3 is 5.92 Å². The Morgan fingerprint density at radius 3 is 1.14 bits per heavy atom. The summed E-state index contributed by atoms with van der Waals surface area (Å²) < 4.78 is 0. The quantitative estimate of drug-likeness (QED) is 0.381. The number of unbranched alkanes of at least 4 members (excludes halogenated alkanes) is 3. The van der Waals surface area contributed by atoms with Gasteiger partial charge in [0.25, 0.3) is 0 Å². The molecule has 0 saturated heterocycles. The normalized spacial score (nSPS) is 10.3. The second-order valence-corrected chi connectivity index (χ2v) is 4.06. The summed E-state index contributed by atoms with van der Waals surface area (Å²) in [4.78, 5) is 0. The molecule has 0 unspecified atom stereocenters. The molecule has 0 aromatic heterocycles. The first-order chi connectivity index (χ1) is 6.35. The van der Waals surface area contributed by atoms with Crippen molar-refractivity contribution in [2.75, 3.05) is 0 Å². The van der Waals surface area contributed by atoms with Crippen molar-refractivity contribution in [3.05, 3.63) is 5.92 Å². The number of hydrogen-bond acceptors (Lipinski definition) is 0. The molecule has 0 N–H and O–H groups in total. The molecule has 84 valence electrons. The fourth-order valence-electron chi connectivity index (χ4n) is 1.66. The predicted octanol–water partition coefficient (Wildman–Crippen LogP) is 5.13. The van der Waals surface area contributed by atoms with Gasteiger partial charge in [-0.3, -0.25) is 0 Å². The molecule has 0 radical (unpaired) electrons. The molecule has 0 saturated carbocycles. The zero-order chi connectivity index (χ0) is 9.94. The van der Waals surface area contributed by atoms with Crippen LogP contribution in [0.3, 0.4) is 0 Å². The third kappa shape index (κ3) is 10.8. The molecule has 0 bridgehead atoms. The minimum Gasteiger partial charge on any atom is -0.314 e. The Bertz CT molecular complexity index is 72.2. The Morgan fingerprint density at radius 1 is 0.643 bits per heavy atom. The Balaban J connectivity index is 0. The maximum absolute atomic E-state index is 2.29. The van der Waals surface area contributed by atoms with E-state index in [1.807, 2.05) is 5.92 Å². The van der Waals surface area contributed by atoms with Crippen LogP contribution in [-0.4, -0.2) is 0 Å². The fourth-order valence-corrected chi connectivity index (χ4v) is 1.66. The summed E-state index contributed by atoms with van der Waals surface area (Å²) in [7, 11) is 0. The molecule has 0 amide bonds. The molecule has 0 aliphatic carbocycles. The van der Waals surface area contributed by atoms with E-state index in [2.05, 4.69) is 20.8 Å². The first-order valence-corrected chi connectivity index (χ1v) is 6.18. The van der Waals surface area contributed by atoms with Crippen molar-refractivity contribution in [2.45, 2.75) is 78.6 Å². The van der Waals surface area contributed by atoms with Crippen LogP contribution in [0.1, 0.15) is 78.6 Å². The van der Waals surface area contributed by atoms with E-state index in [4.69, 9.17) is 0 Å². The average molecular weight is 231 g/mol. The predicted molar refractivity (Wildman–Crippen MR) is 61.8 cm³/mol. The van der Waals surface area contributed by atoms with E-state index in [9.17, 15) is 0 Å². The molecule has 0 aliphatic rings. The van der Waals surface area contributed by atoms with Crippen molar-refractivity contribution < 1.29 is 21.7 Å². The van der Waals surface area contributed by atoms with Gasteiger partial charge in [0.2, 0.25) is 0 Å². The van der Waals surface area contributed by atoms with Crippen LogP contribution in [0, 0.1) is 5.92 Å². The average Bonchev–Trinajstić information content (AvgIpc) is 2.17. The van der Waals surface area contributed by atoms with Crippen molar-refractivity contribution in [3.8, 4) is 0 Å². The summed E-state index contributed by atoms with van der Waals surface area (Å²) in [6.45, 7) is 6.87. The van der Waals surface area contributed by atoms with Crippen LogP contribution in [0.25, 0.3) is 0 Å². The molecule has 0 rings (SSSR count). The minimum absolute atomic E-state index is 0. The van der Waals surface area contributed by atoms with Crippen molar-refractivity contribution in [3.63, 3.8) is 0 Å². The van der Waals surface area contributed by atoms with Gasteiger partial charge >= 0.3 is 0 Å². The van der Waals surface area contributed by atoms with Crippen molar-refractivity contribution in [1.82, 2.24) is 0 Å². The maximum Gasteiger partial charge on any atom is 0 e. The SMILES string of the molecule is CCCC[C-](CCCC)CCCC.[Ti].